The Kier molecular flexibility index (Phi) is 5.58. The molecule has 4 N–H and O–H groups in total. The van der Waals surface area contributed by atoms with Gasteiger partial charge in [-0.15, -0.1) is 0 Å². The lowest BCUT2D eigenvalue weighted by Crippen LogP contribution is -2.37. The van der Waals surface area contributed by atoms with Crippen LogP contribution in [0.2, 0.25) is 0 Å². The molecule has 0 aliphatic carbocycles. The fourth-order valence-corrected chi connectivity index (χ4v) is 1.55. The zero-order valence-corrected chi connectivity index (χ0v) is 11.3. The third-order valence-electron chi connectivity index (χ3n) is 2.58. The van der Waals surface area contributed by atoms with Gasteiger partial charge in [0.05, 0.1) is 11.5 Å². The molecule has 0 spiro atoms. The second kappa shape index (κ2) is 7.17. The number of nitrogens with two attached hydrogens (primary N) is 1. The third-order valence-corrected chi connectivity index (χ3v) is 2.58. The van der Waals surface area contributed by atoms with E-state index in [1.54, 1.807) is 0 Å². The molecule has 0 aliphatic heterocycles. The number of anilines is 1. The van der Waals surface area contributed by atoms with Crippen LogP contribution in [0, 0.1) is 15.9 Å². The fraction of sp³-hybridized carbons (Fsp3) is 0.333. The number of nitro benzene ring substituents is 1. The van der Waals surface area contributed by atoms with Gasteiger partial charge in [-0.25, -0.2) is 4.39 Å². The van der Waals surface area contributed by atoms with Crippen molar-refractivity contribution < 1.29 is 18.9 Å². The third kappa shape index (κ3) is 4.13. The van der Waals surface area contributed by atoms with Crippen molar-refractivity contribution in [2.24, 2.45) is 0 Å². The van der Waals surface area contributed by atoms with Crippen molar-refractivity contribution in [3.63, 3.8) is 0 Å². The quantitative estimate of drug-likeness (QED) is 0.402. The molecule has 0 saturated carbocycles. The Morgan fingerprint density at radius 2 is 2.05 bits per heavy atom. The van der Waals surface area contributed by atoms with Gasteiger partial charge in [0, 0.05) is 12.6 Å². The monoisotopic (exact) mass is 298 g/mol. The number of hydrogen-bond donors (Lipinski definition) is 3. The molecule has 2 amide bonds. The van der Waals surface area contributed by atoms with Crippen molar-refractivity contribution in [1.29, 1.82) is 0 Å². The number of carbonyl (C=O) groups is 2. The summed E-state index contributed by atoms with van der Waals surface area (Å²) in [6.07, 6.45) is 0.728. The van der Waals surface area contributed by atoms with Crippen LogP contribution >= 0.6 is 0 Å². The van der Waals surface area contributed by atoms with Crippen LogP contribution in [-0.2, 0) is 4.79 Å². The molecule has 0 aromatic heterocycles. The first-order valence-corrected chi connectivity index (χ1v) is 6.15. The van der Waals surface area contributed by atoms with Crippen molar-refractivity contribution in [2.45, 2.75) is 13.3 Å². The molecule has 0 heterocycles. The van der Waals surface area contributed by atoms with Gasteiger partial charge in [0.15, 0.2) is 0 Å². The van der Waals surface area contributed by atoms with Gasteiger partial charge in [0.2, 0.25) is 5.91 Å². The van der Waals surface area contributed by atoms with Crippen LogP contribution in [0.15, 0.2) is 12.1 Å². The fourth-order valence-electron chi connectivity index (χ4n) is 1.55. The summed E-state index contributed by atoms with van der Waals surface area (Å²) in [4.78, 5) is 33.0. The average Bonchev–Trinajstić information content (AvgIpc) is 2.42. The lowest BCUT2D eigenvalue weighted by atomic mass is 10.1. The van der Waals surface area contributed by atoms with E-state index in [4.69, 9.17) is 5.73 Å². The number of nitro groups is 1. The van der Waals surface area contributed by atoms with Gasteiger partial charge in [0.25, 0.3) is 11.6 Å². The Bertz CT molecular complexity index is 577. The van der Waals surface area contributed by atoms with E-state index in [0.29, 0.717) is 6.54 Å². The molecular formula is C12H15FN4O4. The molecule has 1 rings (SSSR count). The second-order valence-corrected chi connectivity index (χ2v) is 4.14. The van der Waals surface area contributed by atoms with E-state index >= 15 is 0 Å². The smallest absolute Gasteiger partial charge is 0.293 e. The van der Waals surface area contributed by atoms with Crippen LogP contribution in [0.1, 0.15) is 23.7 Å². The first kappa shape index (κ1) is 16.3. The Hall–Kier alpha value is -2.71. The lowest BCUT2D eigenvalue weighted by molar-refractivity contribution is -0.384. The van der Waals surface area contributed by atoms with Crippen LogP contribution in [0.4, 0.5) is 15.8 Å². The van der Waals surface area contributed by atoms with E-state index in [-0.39, 0.29) is 6.54 Å². The first-order chi connectivity index (χ1) is 9.88. The van der Waals surface area contributed by atoms with Crippen LogP contribution in [0.25, 0.3) is 0 Å². The molecule has 9 heteroatoms. The summed E-state index contributed by atoms with van der Waals surface area (Å²) < 4.78 is 13.6. The lowest BCUT2D eigenvalue weighted by Gasteiger charge is -2.09. The molecule has 8 nitrogen and oxygen atoms in total. The van der Waals surface area contributed by atoms with Gasteiger partial charge in [-0.05, 0) is 12.5 Å². The normalized spacial score (nSPS) is 10.0. The topological polar surface area (TPSA) is 127 Å². The molecule has 0 radical (unpaired) electrons. The van der Waals surface area contributed by atoms with Gasteiger partial charge in [-0.1, -0.05) is 6.92 Å². The van der Waals surface area contributed by atoms with E-state index in [0.717, 1.165) is 18.6 Å². The highest BCUT2D eigenvalue weighted by atomic mass is 19.1. The summed E-state index contributed by atoms with van der Waals surface area (Å²) in [5, 5.41) is 15.4. The summed E-state index contributed by atoms with van der Waals surface area (Å²) >= 11 is 0. The molecule has 0 unspecified atom stereocenters. The van der Waals surface area contributed by atoms with Crippen molar-refractivity contribution in [1.82, 2.24) is 10.6 Å². The molecule has 21 heavy (non-hydrogen) atoms. The number of benzene rings is 1. The van der Waals surface area contributed by atoms with Crippen LogP contribution in [0.3, 0.4) is 0 Å². The molecule has 1 aromatic rings. The Morgan fingerprint density at radius 3 is 2.62 bits per heavy atom. The zero-order chi connectivity index (χ0) is 16.0. The standard InChI is InChI=1S/C12H15FN4O4/c1-2-5-15-9(18)6-16-12(19)10-7(13)3-4-8(11(10)14)17(20)21/h3-4H,2,5-6,14H2,1H3,(H,15,18)(H,16,19). The molecule has 0 bridgehead atoms. The summed E-state index contributed by atoms with van der Waals surface area (Å²) in [5.41, 5.74) is 3.63. The van der Waals surface area contributed by atoms with E-state index in [2.05, 4.69) is 10.6 Å². The highest BCUT2D eigenvalue weighted by Crippen LogP contribution is 2.27. The number of halogens is 1. The van der Waals surface area contributed by atoms with Crippen LogP contribution < -0.4 is 16.4 Å². The predicted molar refractivity (Wildman–Crippen MR) is 73.1 cm³/mol. The van der Waals surface area contributed by atoms with E-state index in [9.17, 15) is 24.1 Å². The number of nitrogen functional groups attached to an aromatic ring is 1. The van der Waals surface area contributed by atoms with Crippen LogP contribution in [-0.4, -0.2) is 29.8 Å². The zero-order valence-electron chi connectivity index (χ0n) is 11.3. The average molecular weight is 298 g/mol. The van der Waals surface area contributed by atoms with Gasteiger partial charge >= 0.3 is 0 Å². The SMILES string of the molecule is CCCNC(=O)CNC(=O)c1c(F)ccc([N+](=O)[O-])c1N. The minimum absolute atomic E-state index is 0.375. The minimum Gasteiger partial charge on any atom is -0.392 e. The Balaban J connectivity index is 2.85. The maximum atomic E-state index is 13.6. The van der Waals surface area contributed by atoms with Gasteiger partial charge in [-0.2, -0.15) is 0 Å². The minimum atomic E-state index is -0.996. The van der Waals surface area contributed by atoms with Gasteiger partial charge < -0.3 is 16.4 Å². The number of rotatable bonds is 6. The van der Waals surface area contributed by atoms with Gasteiger partial charge in [-0.3, -0.25) is 19.7 Å². The van der Waals surface area contributed by atoms with Crippen molar-refractivity contribution in [3.8, 4) is 0 Å². The first-order valence-electron chi connectivity index (χ1n) is 6.15. The van der Waals surface area contributed by atoms with E-state index in [1.807, 2.05) is 6.92 Å². The molecule has 114 valence electrons. The van der Waals surface area contributed by atoms with Crippen molar-refractivity contribution in [2.75, 3.05) is 18.8 Å². The van der Waals surface area contributed by atoms with Crippen molar-refractivity contribution in [3.05, 3.63) is 33.6 Å². The molecular weight excluding hydrogens is 283 g/mol. The number of carbonyl (C=O) groups excluding carboxylic acids is 2. The summed E-state index contributed by atoms with van der Waals surface area (Å²) in [6, 6.07) is 1.65. The molecule has 1 aromatic carbocycles. The summed E-state index contributed by atoms with van der Waals surface area (Å²) in [6.45, 7) is 1.93. The maximum absolute atomic E-state index is 13.6. The maximum Gasteiger partial charge on any atom is 0.293 e. The molecule has 0 atom stereocenters. The predicted octanol–water partition coefficient (Wildman–Crippen LogP) is 0.572. The number of nitrogens with one attached hydrogen (secondary N) is 2. The van der Waals surface area contributed by atoms with Crippen molar-refractivity contribution >= 4 is 23.2 Å². The Labute approximate surface area is 119 Å². The van der Waals surface area contributed by atoms with E-state index < -0.39 is 39.5 Å². The Morgan fingerprint density at radius 1 is 1.38 bits per heavy atom. The molecule has 0 fully saturated rings. The number of amides is 2. The summed E-state index contributed by atoms with van der Waals surface area (Å²) in [5.74, 6) is -2.43. The largest absolute Gasteiger partial charge is 0.392 e. The van der Waals surface area contributed by atoms with Gasteiger partial charge in [0.1, 0.15) is 17.1 Å². The number of nitrogens with zero attached hydrogens (tertiary/aromatic N) is 1. The van der Waals surface area contributed by atoms with E-state index in [1.165, 1.54) is 0 Å². The summed E-state index contributed by atoms with van der Waals surface area (Å²) in [7, 11) is 0. The second-order valence-electron chi connectivity index (χ2n) is 4.14. The highest BCUT2D eigenvalue weighted by molar-refractivity contribution is 6.02. The highest BCUT2D eigenvalue weighted by Gasteiger charge is 2.23. The molecule has 0 saturated heterocycles. The number of hydrogen-bond acceptors (Lipinski definition) is 5. The molecule has 0 aliphatic rings. The van der Waals surface area contributed by atoms with Crippen LogP contribution in [0.5, 0.6) is 0 Å².